The first kappa shape index (κ1) is 16.7. The fourth-order valence-electron chi connectivity index (χ4n) is 3.55. The number of benzene rings is 1. The number of halogens is 1. The molecule has 2 unspecified atom stereocenters. The number of rotatable bonds is 4. The van der Waals surface area contributed by atoms with E-state index in [4.69, 9.17) is 0 Å². The fourth-order valence-corrected chi connectivity index (χ4v) is 3.55. The number of nitrogens with zero attached hydrogens (tertiary/aromatic N) is 2. The van der Waals surface area contributed by atoms with E-state index in [0.29, 0.717) is 5.69 Å². The Balaban J connectivity index is 1.41. The van der Waals surface area contributed by atoms with Gasteiger partial charge in [-0.25, -0.2) is 4.39 Å². The molecule has 4 rings (SSSR count). The Hall–Kier alpha value is -2.74. The van der Waals surface area contributed by atoms with Crippen molar-refractivity contribution in [3.63, 3.8) is 0 Å². The monoisotopic (exact) mass is 357 g/mol. The van der Waals surface area contributed by atoms with Crippen molar-refractivity contribution < 1.29 is 14.0 Å². The maximum atomic E-state index is 13.9. The molecule has 1 aromatic carbocycles. The summed E-state index contributed by atoms with van der Waals surface area (Å²) in [5, 5.41) is 13.1. The molecule has 2 aliphatic rings. The van der Waals surface area contributed by atoms with Crippen LogP contribution in [-0.4, -0.2) is 41.1 Å². The van der Waals surface area contributed by atoms with Gasteiger partial charge < -0.3 is 15.5 Å². The number of aromatic nitrogens is 2. The van der Waals surface area contributed by atoms with Crippen LogP contribution in [0.5, 0.6) is 0 Å². The number of aromatic amines is 1. The van der Waals surface area contributed by atoms with Crippen molar-refractivity contribution >= 4 is 17.5 Å². The first-order valence-electron chi connectivity index (χ1n) is 8.76. The van der Waals surface area contributed by atoms with Gasteiger partial charge in [-0.1, -0.05) is 12.1 Å². The van der Waals surface area contributed by atoms with Gasteiger partial charge in [-0.15, -0.1) is 0 Å². The number of para-hydroxylation sites is 1. The molecule has 26 heavy (non-hydrogen) atoms. The van der Waals surface area contributed by atoms with E-state index in [0.717, 1.165) is 25.1 Å². The molecule has 2 aliphatic heterocycles. The van der Waals surface area contributed by atoms with Crippen LogP contribution in [0, 0.1) is 5.82 Å². The van der Waals surface area contributed by atoms with Crippen molar-refractivity contribution in [2.75, 3.05) is 18.0 Å². The molecule has 7 nitrogen and oxygen atoms in total. The van der Waals surface area contributed by atoms with Crippen LogP contribution < -0.4 is 15.5 Å². The SMILES string of the molecule is O=C(NC1CC(=O)N(c2ccccc2F)C1)c1cc(C2CCCN2)[nH]n1. The summed E-state index contributed by atoms with van der Waals surface area (Å²) in [6.07, 6.45) is 2.25. The first-order chi connectivity index (χ1) is 12.6. The number of H-pyrrole nitrogens is 1. The zero-order valence-corrected chi connectivity index (χ0v) is 14.2. The third kappa shape index (κ3) is 3.20. The smallest absolute Gasteiger partial charge is 0.272 e. The number of carbonyl (C=O) groups is 2. The molecule has 0 radical (unpaired) electrons. The van der Waals surface area contributed by atoms with Crippen molar-refractivity contribution in [3.05, 3.63) is 47.5 Å². The maximum absolute atomic E-state index is 13.9. The van der Waals surface area contributed by atoms with Crippen molar-refractivity contribution in [2.45, 2.75) is 31.3 Å². The van der Waals surface area contributed by atoms with E-state index >= 15 is 0 Å². The van der Waals surface area contributed by atoms with Crippen LogP contribution in [0.1, 0.15) is 41.5 Å². The van der Waals surface area contributed by atoms with Gasteiger partial charge in [0.2, 0.25) is 5.91 Å². The first-order valence-corrected chi connectivity index (χ1v) is 8.76. The lowest BCUT2D eigenvalue weighted by Gasteiger charge is -2.17. The van der Waals surface area contributed by atoms with Gasteiger partial charge in [0.15, 0.2) is 0 Å². The topological polar surface area (TPSA) is 90.1 Å². The highest BCUT2D eigenvalue weighted by Gasteiger charge is 2.33. The van der Waals surface area contributed by atoms with Crippen LogP contribution in [-0.2, 0) is 4.79 Å². The number of hydrogen-bond donors (Lipinski definition) is 3. The Labute approximate surface area is 150 Å². The van der Waals surface area contributed by atoms with Crippen LogP contribution in [0.3, 0.4) is 0 Å². The molecular weight excluding hydrogens is 337 g/mol. The highest BCUT2D eigenvalue weighted by Crippen LogP contribution is 2.25. The molecule has 136 valence electrons. The molecule has 3 N–H and O–H groups in total. The summed E-state index contributed by atoms with van der Waals surface area (Å²) in [6.45, 7) is 1.20. The van der Waals surface area contributed by atoms with Gasteiger partial charge in [0, 0.05) is 19.0 Å². The Morgan fingerprint density at radius 1 is 1.35 bits per heavy atom. The van der Waals surface area contributed by atoms with Gasteiger partial charge in [-0.05, 0) is 37.6 Å². The second-order valence-electron chi connectivity index (χ2n) is 6.69. The molecule has 0 bridgehead atoms. The molecule has 2 aromatic rings. The van der Waals surface area contributed by atoms with Crippen LogP contribution >= 0.6 is 0 Å². The molecule has 2 amide bonds. The molecule has 2 fully saturated rings. The zero-order valence-electron chi connectivity index (χ0n) is 14.2. The maximum Gasteiger partial charge on any atom is 0.272 e. The normalized spacial score (nSPS) is 22.8. The van der Waals surface area contributed by atoms with Crippen molar-refractivity contribution in [3.8, 4) is 0 Å². The lowest BCUT2D eigenvalue weighted by Crippen LogP contribution is -2.37. The largest absolute Gasteiger partial charge is 0.346 e. The van der Waals surface area contributed by atoms with Gasteiger partial charge >= 0.3 is 0 Å². The third-order valence-electron chi connectivity index (χ3n) is 4.87. The van der Waals surface area contributed by atoms with E-state index < -0.39 is 5.82 Å². The molecule has 2 saturated heterocycles. The average Bonchev–Trinajstić information content (AvgIpc) is 3.35. The molecule has 0 aliphatic carbocycles. The highest BCUT2D eigenvalue weighted by molar-refractivity contribution is 5.98. The summed E-state index contributed by atoms with van der Waals surface area (Å²) < 4.78 is 13.9. The molecule has 8 heteroatoms. The molecule has 0 saturated carbocycles. The van der Waals surface area contributed by atoms with E-state index in [1.807, 2.05) is 0 Å². The Bertz CT molecular complexity index is 830. The second-order valence-corrected chi connectivity index (χ2v) is 6.69. The number of carbonyl (C=O) groups excluding carboxylic acids is 2. The Morgan fingerprint density at radius 2 is 2.19 bits per heavy atom. The second kappa shape index (κ2) is 6.87. The molecular formula is C18H20FN5O2. The number of nitrogens with one attached hydrogen (secondary N) is 3. The zero-order chi connectivity index (χ0) is 18.1. The lowest BCUT2D eigenvalue weighted by atomic mass is 10.1. The lowest BCUT2D eigenvalue weighted by molar-refractivity contribution is -0.117. The molecule has 1 aromatic heterocycles. The van der Waals surface area contributed by atoms with E-state index in [9.17, 15) is 14.0 Å². The van der Waals surface area contributed by atoms with Gasteiger partial charge in [0.05, 0.1) is 17.4 Å². The summed E-state index contributed by atoms with van der Waals surface area (Å²) >= 11 is 0. The number of anilines is 1. The number of hydrogen-bond acceptors (Lipinski definition) is 4. The highest BCUT2D eigenvalue weighted by atomic mass is 19.1. The van der Waals surface area contributed by atoms with Crippen LogP contribution in [0.25, 0.3) is 0 Å². The van der Waals surface area contributed by atoms with Crippen LogP contribution in [0.15, 0.2) is 30.3 Å². The van der Waals surface area contributed by atoms with E-state index in [2.05, 4.69) is 20.8 Å². The summed E-state index contributed by atoms with van der Waals surface area (Å²) in [6, 6.07) is 7.70. The van der Waals surface area contributed by atoms with Crippen LogP contribution in [0.2, 0.25) is 0 Å². The van der Waals surface area contributed by atoms with Gasteiger partial charge in [0.25, 0.3) is 5.91 Å². The van der Waals surface area contributed by atoms with Gasteiger partial charge in [-0.3, -0.25) is 14.7 Å². The summed E-state index contributed by atoms with van der Waals surface area (Å²) in [5.41, 5.74) is 1.43. The quantitative estimate of drug-likeness (QED) is 0.774. The van der Waals surface area contributed by atoms with E-state index in [1.165, 1.54) is 11.0 Å². The molecule has 3 heterocycles. The van der Waals surface area contributed by atoms with E-state index in [1.54, 1.807) is 24.3 Å². The minimum atomic E-state index is -0.450. The van der Waals surface area contributed by atoms with E-state index in [-0.39, 0.29) is 42.6 Å². The van der Waals surface area contributed by atoms with Gasteiger partial charge in [0.1, 0.15) is 11.5 Å². The molecule has 2 atom stereocenters. The predicted molar refractivity (Wildman–Crippen MR) is 93.2 cm³/mol. The molecule has 0 spiro atoms. The summed E-state index contributed by atoms with van der Waals surface area (Å²) in [4.78, 5) is 26.0. The van der Waals surface area contributed by atoms with Crippen molar-refractivity contribution in [1.82, 2.24) is 20.8 Å². The average molecular weight is 357 g/mol. The predicted octanol–water partition coefficient (Wildman–Crippen LogP) is 1.51. The summed E-state index contributed by atoms with van der Waals surface area (Å²) in [5.74, 6) is -0.995. The van der Waals surface area contributed by atoms with Gasteiger partial charge in [-0.2, -0.15) is 5.10 Å². The Kier molecular flexibility index (Phi) is 4.42. The fraction of sp³-hybridized carbons (Fsp3) is 0.389. The number of amides is 2. The minimum absolute atomic E-state index is 0.140. The Morgan fingerprint density at radius 3 is 2.96 bits per heavy atom. The minimum Gasteiger partial charge on any atom is -0.346 e. The summed E-state index contributed by atoms with van der Waals surface area (Å²) in [7, 11) is 0. The standard InChI is InChI=1S/C18H20FN5O2/c19-12-4-1-2-6-16(12)24-10-11(8-17(24)25)21-18(26)15-9-14(22-23-15)13-5-3-7-20-13/h1-2,4,6,9,11,13,20H,3,5,7-8,10H2,(H,21,26)(H,22,23). The van der Waals surface area contributed by atoms with Crippen molar-refractivity contribution in [1.29, 1.82) is 0 Å². The van der Waals surface area contributed by atoms with Crippen LogP contribution in [0.4, 0.5) is 10.1 Å². The third-order valence-corrected chi connectivity index (χ3v) is 4.87. The van der Waals surface area contributed by atoms with Crippen molar-refractivity contribution in [2.24, 2.45) is 0 Å².